The first-order valence-electron chi connectivity index (χ1n) is 14.6. The highest BCUT2D eigenvalue weighted by Gasteiger charge is 2.22. The number of benzene rings is 2. The van der Waals surface area contributed by atoms with Gasteiger partial charge in [0.2, 0.25) is 11.8 Å². The Morgan fingerprint density at radius 2 is 1.80 bits per heavy atom. The second-order valence-electron chi connectivity index (χ2n) is 11.0. The molecular weight excluding hydrogens is 574 g/mol. The van der Waals surface area contributed by atoms with Gasteiger partial charge in [0.05, 0.1) is 28.1 Å². The van der Waals surface area contributed by atoms with Crippen molar-refractivity contribution in [2.45, 2.75) is 39.5 Å². The molecule has 2 aromatic carbocycles. The number of aromatic nitrogens is 4. The third kappa shape index (κ3) is 6.95. The molecule has 0 spiro atoms. The minimum absolute atomic E-state index is 0.140. The maximum absolute atomic E-state index is 12.9. The van der Waals surface area contributed by atoms with Gasteiger partial charge >= 0.3 is 6.03 Å². The molecule has 3 amide bonds. The van der Waals surface area contributed by atoms with E-state index in [1.165, 1.54) is 11.3 Å². The van der Waals surface area contributed by atoms with Gasteiger partial charge in [0, 0.05) is 31.3 Å². The minimum Gasteiger partial charge on any atom is -0.439 e. The molecule has 1 saturated heterocycles. The number of nitrogens with zero attached hydrogens (tertiary/aromatic N) is 5. The van der Waals surface area contributed by atoms with E-state index in [1.807, 2.05) is 60.7 Å². The van der Waals surface area contributed by atoms with Gasteiger partial charge in [-0.15, -0.1) is 0 Å². The molecule has 1 aliphatic rings. The molecular formula is C33H33N7O3S. The zero-order chi connectivity index (χ0) is 30.5. The average molecular weight is 608 g/mol. The zero-order valence-corrected chi connectivity index (χ0v) is 25.4. The highest BCUT2D eigenvalue weighted by atomic mass is 32.1. The lowest BCUT2D eigenvalue weighted by Gasteiger charge is -2.23. The molecule has 3 aromatic heterocycles. The maximum Gasteiger partial charge on any atom is 0.324 e. The Morgan fingerprint density at radius 3 is 2.52 bits per heavy atom. The van der Waals surface area contributed by atoms with Crippen LogP contribution in [0.4, 0.5) is 21.4 Å². The summed E-state index contributed by atoms with van der Waals surface area (Å²) < 4.78 is 7.66. The molecule has 0 saturated carbocycles. The van der Waals surface area contributed by atoms with Gasteiger partial charge in [-0.25, -0.2) is 19.4 Å². The number of amides is 3. The molecule has 1 fully saturated rings. The fraction of sp³-hybridized carbons (Fsp3) is 0.242. The number of pyridine rings is 1. The SMILES string of the molecule is CC(C)Cc1cc(NC(=O)Nc2ccc(Oc3ccc(-c4cnc(N5CCCCC5=O)s4)cc3)nc2)n(-c2ccccc2)n1. The van der Waals surface area contributed by atoms with Crippen molar-refractivity contribution < 1.29 is 14.3 Å². The van der Waals surface area contributed by atoms with Crippen LogP contribution in [0.2, 0.25) is 0 Å². The Labute approximate surface area is 259 Å². The van der Waals surface area contributed by atoms with E-state index in [-0.39, 0.29) is 5.91 Å². The Bertz CT molecular complexity index is 1730. The number of nitrogens with one attached hydrogen (secondary N) is 2. The Balaban J connectivity index is 1.06. The number of hydrogen-bond acceptors (Lipinski definition) is 7. The number of thiazole rings is 1. The summed E-state index contributed by atoms with van der Waals surface area (Å²) >= 11 is 1.51. The van der Waals surface area contributed by atoms with Crippen LogP contribution in [0.25, 0.3) is 16.1 Å². The highest BCUT2D eigenvalue weighted by molar-refractivity contribution is 7.19. The van der Waals surface area contributed by atoms with Crippen LogP contribution in [-0.4, -0.2) is 38.2 Å². The van der Waals surface area contributed by atoms with Gasteiger partial charge in [-0.1, -0.05) is 43.4 Å². The van der Waals surface area contributed by atoms with Gasteiger partial charge in [-0.2, -0.15) is 5.10 Å². The van der Waals surface area contributed by atoms with Gasteiger partial charge in [0.25, 0.3) is 0 Å². The van der Waals surface area contributed by atoms with E-state index >= 15 is 0 Å². The lowest BCUT2D eigenvalue weighted by atomic mass is 10.1. The van der Waals surface area contributed by atoms with E-state index in [9.17, 15) is 9.59 Å². The number of piperidine rings is 1. The van der Waals surface area contributed by atoms with Crippen molar-refractivity contribution >= 4 is 39.9 Å². The molecule has 6 rings (SSSR count). The molecule has 5 aromatic rings. The van der Waals surface area contributed by atoms with E-state index in [0.717, 1.165) is 52.8 Å². The van der Waals surface area contributed by atoms with Crippen molar-refractivity contribution in [3.8, 4) is 27.8 Å². The third-order valence-electron chi connectivity index (χ3n) is 7.02. The van der Waals surface area contributed by atoms with Crippen molar-refractivity contribution in [1.82, 2.24) is 19.7 Å². The first-order chi connectivity index (χ1) is 21.4. The van der Waals surface area contributed by atoms with Gasteiger partial charge in [-0.3, -0.25) is 15.0 Å². The van der Waals surface area contributed by atoms with Crippen LogP contribution in [0.15, 0.2) is 85.2 Å². The largest absolute Gasteiger partial charge is 0.439 e. The molecule has 0 atom stereocenters. The van der Waals surface area contributed by atoms with Crippen LogP contribution in [-0.2, 0) is 11.2 Å². The normalized spacial score (nSPS) is 13.2. The summed E-state index contributed by atoms with van der Waals surface area (Å²) in [5.41, 5.74) is 3.28. The number of hydrogen-bond donors (Lipinski definition) is 2. The van der Waals surface area contributed by atoms with Crippen LogP contribution in [0.5, 0.6) is 11.6 Å². The van der Waals surface area contributed by atoms with Crippen molar-refractivity contribution in [3.05, 3.63) is 90.9 Å². The lowest BCUT2D eigenvalue weighted by Crippen LogP contribution is -2.34. The molecule has 11 heteroatoms. The highest BCUT2D eigenvalue weighted by Crippen LogP contribution is 2.34. The van der Waals surface area contributed by atoms with E-state index in [2.05, 4.69) is 34.4 Å². The number of urea groups is 1. The van der Waals surface area contributed by atoms with E-state index in [4.69, 9.17) is 9.84 Å². The van der Waals surface area contributed by atoms with Crippen LogP contribution >= 0.6 is 11.3 Å². The smallest absolute Gasteiger partial charge is 0.324 e. The Kier molecular flexibility index (Phi) is 8.64. The van der Waals surface area contributed by atoms with E-state index in [0.29, 0.717) is 35.5 Å². The third-order valence-corrected chi connectivity index (χ3v) is 8.09. The molecule has 224 valence electrons. The quantitative estimate of drug-likeness (QED) is 0.179. The number of para-hydroxylation sites is 1. The average Bonchev–Trinajstić information content (AvgIpc) is 3.66. The summed E-state index contributed by atoms with van der Waals surface area (Å²) in [5, 5.41) is 11.2. The minimum atomic E-state index is -0.403. The van der Waals surface area contributed by atoms with Gasteiger partial charge < -0.3 is 10.1 Å². The molecule has 2 N–H and O–H groups in total. The first kappa shape index (κ1) is 29.1. The lowest BCUT2D eigenvalue weighted by molar-refractivity contribution is -0.119. The summed E-state index contributed by atoms with van der Waals surface area (Å²) in [7, 11) is 0. The van der Waals surface area contributed by atoms with Gasteiger partial charge in [0.1, 0.15) is 11.6 Å². The number of ether oxygens (including phenoxy) is 1. The van der Waals surface area contributed by atoms with Crippen molar-refractivity contribution in [3.63, 3.8) is 0 Å². The number of carbonyl (C=O) groups excluding carboxylic acids is 2. The molecule has 0 radical (unpaired) electrons. The van der Waals surface area contributed by atoms with Crippen LogP contribution in [0.1, 0.15) is 38.8 Å². The van der Waals surface area contributed by atoms with Crippen molar-refractivity contribution in [2.75, 3.05) is 22.1 Å². The number of rotatable bonds is 9. The molecule has 4 heterocycles. The van der Waals surface area contributed by atoms with Crippen LogP contribution < -0.4 is 20.3 Å². The fourth-order valence-corrected chi connectivity index (χ4v) is 5.90. The van der Waals surface area contributed by atoms with Crippen molar-refractivity contribution in [1.29, 1.82) is 0 Å². The first-order valence-corrected chi connectivity index (χ1v) is 15.5. The van der Waals surface area contributed by atoms with E-state index < -0.39 is 6.03 Å². The summed E-state index contributed by atoms with van der Waals surface area (Å²) in [6.07, 6.45) is 6.69. The summed E-state index contributed by atoms with van der Waals surface area (Å²) in [6, 6.07) is 22.3. The topological polar surface area (TPSA) is 114 Å². The monoisotopic (exact) mass is 607 g/mol. The Hall–Kier alpha value is -5.03. The predicted octanol–water partition coefficient (Wildman–Crippen LogP) is 7.54. The maximum atomic E-state index is 12.9. The molecule has 44 heavy (non-hydrogen) atoms. The van der Waals surface area contributed by atoms with Gasteiger partial charge in [-0.05, 0) is 73.2 Å². The molecule has 0 unspecified atom stereocenters. The fourth-order valence-electron chi connectivity index (χ4n) is 4.94. The molecule has 0 aliphatic carbocycles. The number of anilines is 3. The van der Waals surface area contributed by atoms with Crippen LogP contribution in [0, 0.1) is 5.92 Å². The second kappa shape index (κ2) is 13.1. The standard InChI is InChI=1S/C33H33N7O3S/c1-22(2)18-25-19-29(40(38-25)26-8-4-3-5-9-26)37-32(42)36-24-13-16-30(34-20-24)43-27-14-11-23(12-15-27)28-21-35-33(44-28)39-17-7-6-10-31(39)41/h3-5,8-9,11-16,19-22H,6-7,10,17-18H2,1-2H3,(H2,36,37,42). The zero-order valence-electron chi connectivity index (χ0n) is 24.6. The summed E-state index contributed by atoms with van der Waals surface area (Å²) in [5.74, 6) is 2.18. The molecule has 1 aliphatic heterocycles. The summed E-state index contributed by atoms with van der Waals surface area (Å²) in [4.78, 5) is 36.7. The van der Waals surface area contributed by atoms with Crippen LogP contribution in [0.3, 0.4) is 0 Å². The van der Waals surface area contributed by atoms with E-state index in [1.54, 1.807) is 34.1 Å². The van der Waals surface area contributed by atoms with Crippen molar-refractivity contribution in [2.24, 2.45) is 5.92 Å². The number of carbonyl (C=O) groups is 2. The second-order valence-corrected chi connectivity index (χ2v) is 12.0. The molecule has 0 bridgehead atoms. The summed E-state index contributed by atoms with van der Waals surface area (Å²) in [6.45, 7) is 5.00. The molecule has 10 nitrogen and oxygen atoms in total. The predicted molar refractivity (Wildman–Crippen MR) is 173 cm³/mol. The van der Waals surface area contributed by atoms with Gasteiger partial charge in [0.15, 0.2) is 5.13 Å². The Morgan fingerprint density at radius 1 is 0.977 bits per heavy atom.